The Labute approximate surface area is 159 Å². The van der Waals surface area contributed by atoms with Gasteiger partial charge in [-0.05, 0) is 58.2 Å². The van der Waals surface area contributed by atoms with Crippen molar-refractivity contribution in [2.45, 2.75) is 52.2 Å². The molecule has 1 aliphatic rings. The summed E-state index contributed by atoms with van der Waals surface area (Å²) in [4.78, 5) is 38.6. The van der Waals surface area contributed by atoms with Crippen molar-refractivity contribution in [3.63, 3.8) is 0 Å². The minimum absolute atomic E-state index is 0.175. The molecule has 0 aliphatic carbocycles. The predicted molar refractivity (Wildman–Crippen MR) is 98.3 cm³/mol. The Morgan fingerprint density at radius 3 is 2.33 bits per heavy atom. The highest BCUT2D eigenvalue weighted by Gasteiger charge is 2.48. The number of imide groups is 1. The minimum Gasteiger partial charge on any atom is -0.497 e. The smallest absolute Gasteiger partial charge is 0.417 e. The van der Waals surface area contributed by atoms with Gasteiger partial charge in [-0.1, -0.05) is 12.1 Å². The van der Waals surface area contributed by atoms with E-state index in [9.17, 15) is 14.4 Å². The second kappa shape index (κ2) is 8.41. The lowest BCUT2D eigenvalue weighted by atomic mass is 9.96. The van der Waals surface area contributed by atoms with Crippen molar-refractivity contribution in [2.75, 3.05) is 13.7 Å². The van der Waals surface area contributed by atoms with Crippen molar-refractivity contribution in [1.82, 2.24) is 4.90 Å². The minimum atomic E-state index is -0.962. The number of nitrogens with zero attached hydrogens (tertiary/aromatic N) is 1. The van der Waals surface area contributed by atoms with Crippen LogP contribution in [0.3, 0.4) is 0 Å². The Kier molecular flexibility index (Phi) is 6.46. The lowest BCUT2D eigenvalue weighted by Gasteiger charge is -2.26. The van der Waals surface area contributed by atoms with Gasteiger partial charge in [0.25, 0.3) is 0 Å². The quantitative estimate of drug-likeness (QED) is 0.734. The molecule has 0 aromatic heterocycles. The van der Waals surface area contributed by atoms with Crippen LogP contribution in [0.25, 0.3) is 0 Å². The molecular weight excluding hydrogens is 350 g/mol. The summed E-state index contributed by atoms with van der Waals surface area (Å²) >= 11 is 0. The molecule has 1 aromatic rings. The van der Waals surface area contributed by atoms with Crippen LogP contribution < -0.4 is 4.74 Å². The largest absolute Gasteiger partial charge is 0.497 e. The highest BCUT2D eigenvalue weighted by molar-refractivity contribution is 6.00. The second-order valence-corrected chi connectivity index (χ2v) is 7.44. The summed E-state index contributed by atoms with van der Waals surface area (Å²) in [5.41, 5.74) is 0.146. The van der Waals surface area contributed by atoms with E-state index in [1.807, 2.05) is 24.3 Å². The fourth-order valence-corrected chi connectivity index (χ4v) is 3.01. The molecule has 27 heavy (non-hydrogen) atoms. The Morgan fingerprint density at radius 1 is 1.19 bits per heavy atom. The van der Waals surface area contributed by atoms with E-state index < -0.39 is 35.5 Å². The van der Waals surface area contributed by atoms with Gasteiger partial charge in [-0.3, -0.25) is 4.79 Å². The molecule has 0 N–H and O–H groups in total. The van der Waals surface area contributed by atoms with Gasteiger partial charge in [0, 0.05) is 5.92 Å². The fraction of sp³-hybridized carbons (Fsp3) is 0.550. The first kappa shape index (κ1) is 20.7. The van der Waals surface area contributed by atoms with Gasteiger partial charge in [0.1, 0.15) is 17.4 Å². The third-order valence-corrected chi connectivity index (χ3v) is 4.20. The number of ether oxygens (including phenoxy) is 3. The first-order valence-corrected chi connectivity index (χ1v) is 9.02. The van der Waals surface area contributed by atoms with E-state index in [1.165, 1.54) is 0 Å². The van der Waals surface area contributed by atoms with Gasteiger partial charge in [-0.15, -0.1) is 0 Å². The van der Waals surface area contributed by atoms with Crippen molar-refractivity contribution in [3.05, 3.63) is 29.8 Å². The van der Waals surface area contributed by atoms with Crippen LogP contribution in [0.5, 0.6) is 5.75 Å². The number of esters is 1. The summed E-state index contributed by atoms with van der Waals surface area (Å²) < 4.78 is 15.5. The van der Waals surface area contributed by atoms with Crippen molar-refractivity contribution < 1.29 is 28.6 Å². The van der Waals surface area contributed by atoms with Crippen molar-refractivity contribution in [3.8, 4) is 5.75 Å². The number of benzene rings is 1. The molecule has 1 saturated heterocycles. The third kappa shape index (κ3) is 5.21. The molecule has 2 amide bonds. The van der Waals surface area contributed by atoms with Gasteiger partial charge < -0.3 is 14.2 Å². The van der Waals surface area contributed by atoms with E-state index in [1.54, 1.807) is 34.8 Å². The van der Waals surface area contributed by atoms with Crippen LogP contribution in [0.4, 0.5) is 4.79 Å². The van der Waals surface area contributed by atoms with Crippen molar-refractivity contribution in [1.29, 1.82) is 0 Å². The molecule has 0 saturated carbocycles. The summed E-state index contributed by atoms with van der Waals surface area (Å²) in [5, 5.41) is 0. The Balaban J connectivity index is 2.21. The van der Waals surface area contributed by atoms with Gasteiger partial charge in [-0.2, -0.15) is 0 Å². The van der Waals surface area contributed by atoms with Crippen LogP contribution in [0, 0.1) is 5.92 Å². The van der Waals surface area contributed by atoms with Crippen LogP contribution in [-0.2, 0) is 25.5 Å². The number of hydrogen-bond donors (Lipinski definition) is 0. The molecule has 1 aliphatic heterocycles. The van der Waals surface area contributed by atoms with E-state index in [0.717, 1.165) is 16.2 Å². The van der Waals surface area contributed by atoms with Gasteiger partial charge in [0.15, 0.2) is 0 Å². The molecular formula is C20H27NO6. The van der Waals surface area contributed by atoms with Gasteiger partial charge in [0.2, 0.25) is 5.91 Å². The zero-order chi connectivity index (χ0) is 20.2. The van der Waals surface area contributed by atoms with Crippen LogP contribution in [0.2, 0.25) is 0 Å². The molecule has 2 rings (SSSR count). The number of carbonyl (C=O) groups excluding carboxylic acids is 3. The SMILES string of the molecule is CCOC(=O)[C@H]1C[C@H](Cc2ccc(OC)cc2)C(=O)N1C(=O)OC(C)(C)C. The highest BCUT2D eigenvalue weighted by atomic mass is 16.6. The van der Waals surface area contributed by atoms with E-state index in [2.05, 4.69) is 0 Å². The molecule has 0 unspecified atom stereocenters. The maximum absolute atomic E-state index is 12.9. The second-order valence-electron chi connectivity index (χ2n) is 7.44. The van der Waals surface area contributed by atoms with E-state index >= 15 is 0 Å². The van der Waals surface area contributed by atoms with Crippen LogP contribution >= 0.6 is 0 Å². The van der Waals surface area contributed by atoms with Crippen LogP contribution in [0.15, 0.2) is 24.3 Å². The van der Waals surface area contributed by atoms with Crippen LogP contribution in [-0.4, -0.2) is 48.2 Å². The summed E-state index contributed by atoms with van der Waals surface area (Å²) in [7, 11) is 1.58. The monoisotopic (exact) mass is 377 g/mol. The molecule has 7 heteroatoms. The molecule has 1 fully saturated rings. The van der Waals surface area contributed by atoms with Gasteiger partial charge >= 0.3 is 12.1 Å². The standard InChI is InChI=1S/C20H27NO6/c1-6-26-18(23)16-12-14(11-13-7-9-15(25-5)10-8-13)17(22)21(16)19(24)27-20(2,3)4/h7-10,14,16H,6,11-12H2,1-5H3/t14-,16+/m0/s1. The van der Waals surface area contributed by atoms with Gasteiger partial charge in [-0.25, -0.2) is 14.5 Å². The lowest BCUT2D eigenvalue weighted by Crippen LogP contribution is -2.46. The number of likely N-dealkylation sites (tertiary alicyclic amines) is 1. The molecule has 2 atom stereocenters. The topological polar surface area (TPSA) is 82.1 Å². The van der Waals surface area contributed by atoms with Crippen molar-refractivity contribution in [2.24, 2.45) is 5.92 Å². The number of methoxy groups -OCH3 is 1. The molecule has 0 bridgehead atoms. The average Bonchev–Trinajstić information content (AvgIpc) is 2.91. The fourth-order valence-electron chi connectivity index (χ4n) is 3.01. The normalized spacial score (nSPS) is 19.7. The highest BCUT2D eigenvalue weighted by Crippen LogP contribution is 2.30. The molecule has 0 spiro atoms. The first-order valence-electron chi connectivity index (χ1n) is 9.02. The average molecular weight is 377 g/mol. The summed E-state index contributed by atoms with van der Waals surface area (Å²) in [6.45, 7) is 6.98. The van der Waals surface area contributed by atoms with E-state index in [-0.39, 0.29) is 13.0 Å². The number of amides is 2. The zero-order valence-electron chi connectivity index (χ0n) is 16.5. The van der Waals surface area contributed by atoms with Gasteiger partial charge in [0.05, 0.1) is 13.7 Å². The summed E-state index contributed by atoms with van der Waals surface area (Å²) in [6, 6.07) is 6.38. The summed E-state index contributed by atoms with van der Waals surface area (Å²) in [6.07, 6.45) is -0.191. The first-order chi connectivity index (χ1) is 12.7. The zero-order valence-corrected chi connectivity index (χ0v) is 16.5. The maximum Gasteiger partial charge on any atom is 0.417 e. The lowest BCUT2D eigenvalue weighted by molar-refractivity contribution is -0.151. The molecule has 1 heterocycles. The third-order valence-electron chi connectivity index (χ3n) is 4.20. The molecule has 0 radical (unpaired) electrons. The molecule has 7 nitrogen and oxygen atoms in total. The maximum atomic E-state index is 12.9. The number of rotatable bonds is 5. The van der Waals surface area contributed by atoms with Crippen LogP contribution in [0.1, 0.15) is 39.7 Å². The van der Waals surface area contributed by atoms with E-state index in [0.29, 0.717) is 6.42 Å². The Bertz CT molecular complexity index is 691. The summed E-state index contributed by atoms with van der Waals surface area (Å²) in [5.74, 6) is -0.788. The molecule has 1 aromatic carbocycles. The predicted octanol–water partition coefficient (Wildman–Crippen LogP) is 2.95. The van der Waals surface area contributed by atoms with Crippen molar-refractivity contribution >= 4 is 18.0 Å². The Morgan fingerprint density at radius 2 is 1.81 bits per heavy atom. The number of hydrogen-bond acceptors (Lipinski definition) is 6. The molecule has 148 valence electrons. The Hall–Kier alpha value is -2.57. The van der Waals surface area contributed by atoms with E-state index in [4.69, 9.17) is 14.2 Å². The number of carbonyl (C=O) groups is 3.